The maximum absolute atomic E-state index is 6.96. The fourth-order valence-electron chi connectivity index (χ4n) is 1.04. The van der Waals surface area contributed by atoms with Crippen LogP contribution < -0.4 is 5.73 Å². The van der Waals surface area contributed by atoms with E-state index in [-0.39, 0.29) is 0 Å². The van der Waals surface area contributed by atoms with Crippen molar-refractivity contribution in [2.24, 2.45) is 5.73 Å². The van der Waals surface area contributed by atoms with Crippen molar-refractivity contribution in [3.8, 4) is 0 Å². The van der Waals surface area contributed by atoms with Crippen molar-refractivity contribution in [1.29, 1.82) is 5.41 Å². The second kappa shape index (κ2) is 8.07. The Morgan fingerprint density at radius 2 is 2.00 bits per heavy atom. The molecular weight excluding hydrogens is 200 g/mol. The quantitative estimate of drug-likeness (QED) is 0.339. The first-order valence-corrected chi connectivity index (χ1v) is 6.61. The van der Waals surface area contributed by atoms with Crippen molar-refractivity contribution in [2.45, 2.75) is 18.9 Å². The predicted octanol–water partition coefficient (Wildman–Crippen LogP) is 0.623. The van der Waals surface area contributed by atoms with Crippen LogP contribution in [0.5, 0.6) is 0 Å². The van der Waals surface area contributed by atoms with E-state index >= 15 is 0 Å². The third kappa shape index (κ3) is 4.82. The molecule has 3 N–H and O–H groups in total. The second-order valence-electron chi connectivity index (χ2n) is 2.82. The summed E-state index contributed by atoms with van der Waals surface area (Å²) in [5, 5.41) is 6.96. The van der Waals surface area contributed by atoms with E-state index in [2.05, 4.69) is 0 Å². The van der Waals surface area contributed by atoms with Gasteiger partial charge in [0.25, 0.3) is 0 Å². The lowest BCUT2D eigenvalue weighted by Gasteiger charge is -2.25. The van der Waals surface area contributed by atoms with Gasteiger partial charge in [-0.3, -0.25) is 0 Å². The molecule has 0 bridgehead atoms. The summed E-state index contributed by atoms with van der Waals surface area (Å²) in [6.45, 7) is 1.16. The molecule has 0 aliphatic rings. The van der Waals surface area contributed by atoms with Gasteiger partial charge in [0.05, 0.1) is 0 Å². The Bertz CT molecular complexity index is 154. The standard InChI is InChI=1S/C8H20N2O3Si/c1-11-14(12-2,8-4-6-10)13-7-3-5-9/h6,10H,3-5,7-9H2,1-2H3. The van der Waals surface area contributed by atoms with Gasteiger partial charge < -0.3 is 24.4 Å². The average molecular weight is 220 g/mol. The third-order valence-electron chi connectivity index (χ3n) is 1.89. The summed E-state index contributed by atoms with van der Waals surface area (Å²) >= 11 is 0. The van der Waals surface area contributed by atoms with Gasteiger partial charge in [0.15, 0.2) is 0 Å². The van der Waals surface area contributed by atoms with Crippen molar-refractivity contribution in [3.05, 3.63) is 0 Å². The molecule has 0 aromatic carbocycles. The minimum absolute atomic E-state index is 0.558. The monoisotopic (exact) mass is 220 g/mol. The Hall–Kier alpha value is -0.273. The summed E-state index contributed by atoms with van der Waals surface area (Å²) in [6, 6.07) is 0.647. The smallest absolute Gasteiger partial charge is 0.377 e. The van der Waals surface area contributed by atoms with E-state index in [1.54, 1.807) is 14.2 Å². The highest BCUT2D eigenvalue weighted by atomic mass is 28.4. The van der Waals surface area contributed by atoms with Crippen LogP contribution in [0, 0.1) is 5.41 Å². The number of hydrogen-bond donors (Lipinski definition) is 2. The number of rotatable bonds is 9. The molecule has 6 heteroatoms. The molecule has 0 atom stereocenters. The molecule has 0 saturated heterocycles. The molecular formula is C8H20N2O3Si. The number of hydrogen-bond acceptors (Lipinski definition) is 5. The first kappa shape index (κ1) is 13.7. The lowest BCUT2D eigenvalue weighted by atomic mass is 10.5. The van der Waals surface area contributed by atoms with Gasteiger partial charge in [0, 0.05) is 26.9 Å². The molecule has 0 aliphatic carbocycles. The lowest BCUT2D eigenvalue weighted by molar-refractivity contribution is 0.0983. The molecule has 0 saturated carbocycles. The van der Waals surface area contributed by atoms with Gasteiger partial charge in [0.1, 0.15) is 0 Å². The molecule has 0 amide bonds. The third-order valence-corrected chi connectivity index (χ3v) is 4.68. The zero-order chi connectivity index (χ0) is 10.9. The van der Waals surface area contributed by atoms with E-state index in [4.69, 9.17) is 24.4 Å². The largest absolute Gasteiger partial charge is 0.500 e. The Balaban J connectivity index is 3.99. The van der Waals surface area contributed by atoms with Crippen molar-refractivity contribution in [1.82, 2.24) is 0 Å². The van der Waals surface area contributed by atoms with Crippen LogP contribution in [-0.2, 0) is 13.3 Å². The SMILES string of the molecule is CO[Si](CCC=N)(OC)OCCCN. The van der Waals surface area contributed by atoms with E-state index in [1.165, 1.54) is 6.21 Å². The van der Waals surface area contributed by atoms with E-state index in [1.807, 2.05) is 0 Å². The van der Waals surface area contributed by atoms with Gasteiger partial charge in [-0.15, -0.1) is 0 Å². The maximum atomic E-state index is 6.96. The normalized spacial score (nSPS) is 11.6. The molecule has 0 aromatic heterocycles. The molecule has 0 aromatic rings. The molecule has 0 heterocycles. The van der Waals surface area contributed by atoms with Crippen LogP contribution in [0.15, 0.2) is 0 Å². The first-order chi connectivity index (χ1) is 6.74. The molecule has 0 aliphatic heterocycles. The van der Waals surface area contributed by atoms with E-state index in [9.17, 15) is 0 Å². The molecule has 84 valence electrons. The highest BCUT2D eigenvalue weighted by Gasteiger charge is 2.37. The lowest BCUT2D eigenvalue weighted by Crippen LogP contribution is -2.44. The molecule has 0 unspecified atom stereocenters. The van der Waals surface area contributed by atoms with Crippen molar-refractivity contribution in [3.63, 3.8) is 0 Å². The van der Waals surface area contributed by atoms with Gasteiger partial charge in [-0.25, -0.2) is 0 Å². The van der Waals surface area contributed by atoms with Gasteiger partial charge in [0.2, 0.25) is 0 Å². The van der Waals surface area contributed by atoms with Crippen LogP contribution in [0.2, 0.25) is 6.04 Å². The average Bonchev–Trinajstić information content (AvgIpc) is 2.24. The van der Waals surface area contributed by atoms with Gasteiger partial charge in [-0.2, -0.15) is 0 Å². The van der Waals surface area contributed by atoms with E-state index in [0.717, 1.165) is 6.42 Å². The highest BCUT2D eigenvalue weighted by Crippen LogP contribution is 2.15. The van der Waals surface area contributed by atoms with Crippen molar-refractivity contribution in [2.75, 3.05) is 27.4 Å². The summed E-state index contributed by atoms with van der Waals surface area (Å²) < 4.78 is 16.2. The zero-order valence-corrected chi connectivity index (χ0v) is 9.91. The second-order valence-corrected chi connectivity index (χ2v) is 5.80. The molecule has 0 radical (unpaired) electrons. The zero-order valence-electron chi connectivity index (χ0n) is 8.91. The Kier molecular flexibility index (Phi) is 7.91. The van der Waals surface area contributed by atoms with Crippen LogP contribution in [0.25, 0.3) is 0 Å². The van der Waals surface area contributed by atoms with Crippen molar-refractivity contribution < 1.29 is 13.3 Å². The van der Waals surface area contributed by atoms with Crippen LogP contribution >= 0.6 is 0 Å². The van der Waals surface area contributed by atoms with Crippen molar-refractivity contribution >= 4 is 15.0 Å². The van der Waals surface area contributed by atoms with Crippen LogP contribution in [0.3, 0.4) is 0 Å². The number of nitrogens with two attached hydrogens (primary N) is 1. The van der Waals surface area contributed by atoms with Crippen LogP contribution in [-0.4, -0.2) is 42.4 Å². The van der Waals surface area contributed by atoms with Gasteiger partial charge in [-0.1, -0.05) is 0 Å². The predicted molar refractivity (Wildman–Crippen MR) is 57.6 cm³/mol. The summed E-state index contributed by atoms with van der Waals surface area (Å²) in [5.74, 6) is 0. The topological polar surface area (TPSA) is 77.6 Å². The van der Waals surface area contributed by atoms with Crippen LogP contribution in [0.4, 0.5) is 0 Å². The molecule has 0 spiro atoms. The number of nitrogens with one attached hydrogen (secondary N) is 1. The van der Waals surface area contributed by atoms with E-state index in [0.29, 0.717) is 25.6 Å². The molecule has 14 heavy (non-hydrogen) atoms. The minimum Gasteiger partial charge on any atom is -0.377 e. The van der Waals surface area contributed by atoms with E-state index < -0.39 is 8.80 Å². The Morgan fingerprint density at radius 3 is 2.43 bits per heavy atom. The molecule has 0 rings (SSSR count). The summed E-state index contributed by atoms with van der Waals surface area (Å²) in [6.07, 6.45) is 2.76. The summed E-state index contributed by atoms with van der Waals surface area (Å²) in [7, 11) is 0.662. The molecule has 5 nitrogen and oxygen atoms in total. The Labute approximate surface area is 86.4 Å². The van der Waals surface area contributed by atoms with Gasteiger partial charge in [-0.05, 0) is 25.6 Å². The Morgan fingerprint density at radius 1 is 1.36 bits per heavy atom. The van der Waals surface area contributed by atoms with Crippen LogP contribution in [0.1, 0.15) is 12.8 Å². The fraction of sp³-hybridized carbons (Fsp3) is 0.875. The van der Waals surface area contributed by atoms with Gasteiger partial charge >= 0.3 is 8.80 Å². The molecule has 0 fully saturated rings. The summed E-state index contributed by atoms with van der Waals surface area (Å²) in [5.41, 5.74) is 5.36. The maximum Gasteiger partial charge on any atom is 0.500 e. The highest BCUT2D eigenvalue weighted by molar-refractivity contribution is 6.60. The minimum atomic E-state index is -2.51. The first-order valence-electron chi connectivity index (χ1n) is 4.68. The summed E-state index contributed by atoms with van der Waals surface area (Å²) in [4.78, 5) is 0. The fourth-order valence-corrected chi connectivity index (χ4v) is 2.95.